The Balaban J connectivity index is 2.11. The Bertz CT molecular complexity index is 392. The fourth-order valence-corrected chi connectivity index (χ4v) is 3.15. The van der Waals surface area contributed by atoms with Gasteiger partial charge in [-0.15, -0.1) is 0 Å². The second-order valence-corrected chi connectivity index (χ2v) is 5.87. The highest BCUT2D eigenvalue weighted by molar-refractivity contribution is 9.10. The summed E-state index contributed by atoms with van der Waals surface area (Å²) in [5.41, 5.74) is 7.98. The van der Waals surface area contributed by atoms with Gasteiger partial charge in [-0.05, 0) is 59.8 Å². The molecule has 0 saturated carbocycles. The molecule has 0 bridgehead atoms. The minimum Gasteiger partial charge on any atom is -0.398 e. The van der Waals surface area contributed by atoms with E-state index < -0.39 is 0 Å². The van der Waals surface area contributed by atoms with Gasteiger partial charge in [0.25, 0.3) is 0 Å². The van der Waals surface area contributed by atoms with Crippen LogP contribution in [-0.2, 0) is 6.54 Å². The molecule has 1 fully saturated rings. The van der Waals surface area contributed by atoms with E-state index in [0.29, 0.717) is 6.04 Å². The van der Waals surface area contributed by atoms with Crippen LogP contribution in [0.2, 0.25) is 0 Å². The molecule has 2 rings (SSSR count). The Hall–Kier alpha value is -0.540. The first-order valence-electron chi connectivity index (χ1n) is 6.41. The Morgan fingerprint density at radius 3 is 2.82 bits per heavy atom. The van der Waals surface area contributed by atoms with Crippen molar-refractivity contribution in [1.82, 2.24) is 4.90 Å². The van der Waals surface area contributed by atoms with Crippen molar-refractivity contribution in [3.05, 3.63) is 28.2 Å². The molecule has 2 N–H and O–H groups in total. The van der Waals surface area contributed by atoms with E-state index in [1.54, 1.807) is 0 Å². The van der Waals surface area contributed by atoms with E-state index in [0.717, 1.165) is 22.7 Å². The molecule has 2 nitrogen and oxygen atoms in total. The summed E-state index contributed by atoms with van der Waals surface area (Å²) in [4.78, 5) is 2.62. The Labute approximate surface area is 112 Å². The van der Waals surface area contributed by atoms with E-state index in [4.69, 9.17) is 5.73 Å². The first-order valence-corrected chi connectivity index (χ1v) is 7.20. The number of anilines is 1. The summed E-state index contributed by atoms with van der Waals surface area (Å²) in [5.74, 6) is 0. The molecule has 1 heterocycles. The maximum Gasteiger partial charge on any atom is 0.0458 e. The molecular weight excluding hydrogens is 276 g/mol. The molecule has 1 aromatic rings. The molecule has 0 aromatic heterocycles. The predicted octanol–water partition coefficient (Wildman–Crippen LogP) is 3.79. The molecule has 17 heavy (non-hydrogen) atoms. The Morgan fingerprint density at radius 2 is 2.18 bits per heavy atom. The van der Waals surface area contributed by atoms with Crippen LogP contribution in [0.15, 0.2) is 22.7 Å². The van der Waals surface area contributed by atoms with Gasteiger partial charge in [0.2, 0.25) is 0 Å². The second kappa shape index (κ2) is 5.40. The van der Waals surface area contributed by atoms with Crippen LogP contribution in [0.1, 0.15) is 38.7 Å². The van der Waals surface area contributed by atoms with Crippen molar-refractivity contribution in [3.63, 3.8) is 0 Å². The van der Waals surface area contributed by atoms with Gasteiger partial charge >= 0.3 is 0 Å². The van der Waals surface area contributed by atoms with Gasteiger partial charge in [0, 0.05) is 28.8 Å². The van der Waals surface area contributed by atoms with Crippen molar-refractivity contribution >= 4 is 21.6 Å². The van der Waals surface area contributed by atoms with Crippen LogP contribution >= 0.6 is 15.9 Å². The highest BCUT2D eigenvalue weighted by Crippen LogP contribution is 2.29. The van der Waals surface area contributed by atoms with Crippen LogP contribution in [0.25, 0.3) is 0 Å². The summed E-state index contributed by atoms with van der Waals surface area (Å²) < 4.78 is 1.01. The monoisotopic (exact) mass is 296 g/mol. The molecule has 3 heteroatoms. The van der Waals surface area contributed by atoms with Gasteiger partial charge in [0.1, 0.15) is 0 Å². The summed E-state index contributed by atoms with van der Waals surface area (Å²) in [5, 5.41) is 0. The van der Waals surface area contributed by atoms with Crippen molar-refractivity contribution in [1.29, 1.82) is 0 Å². The number of nitrogens with zero attached hydrogens (tertiary/aromatic N) is 1. The lowest BCUT2D eigenvalue weighted by Gasteiger charge is -2.27. The molecule has 1 aliphatic rings. The lowest BCUT2D eigenvalue weighted by Crippen LogP contribution is -2.33. The summed E-state index contributed by atoms with van der Waals surface area (Å²) >= 11 is 3.50. The van der Waals surface area contributed by atoms with Gasteiger partial charge in [-0.3, -0.25) is 4.90 Å². The third-order valence-electron chi connectivity index (χ3n) is 3.85. The van der Waals surface area contributed by atoms with E-state index in [1.165, 1.54) is 24.8 Å². The van der Waals surface area contributed by atoms with Gasteiger partial charge in [-0.1, -0.05) is 13.0 Å². The molecule has 0 aliphatic carbocycles. The zero-order chi connectivity index (χ0) is 12.4. The van der Waals surface area contributed by atoms with E-state index >= 15 is 0 Å². The fourth-order valence-electron chi connectivity index (χ4n) is 2.73. The molecule has 0 amide bonds. The van der Waals surface area contributed by atoms with Crippen molar-refractivity contribution in [2.75, 3.05) is 5.73 Å². The van der Waals surface area contributed by atoms with Crippen LogP contribution in [0.3, 0.4) is 0 Å². The molecule has 2 atom stereocenters. The number of nitrogen functional groups attached to an aromatic ring is 1. The maximum absolute atomic E-state index is 5.82. The fraction of sp³-hybridized carbons (Fsp3) is 0.571. The second-order valence-electron chi connectivity index (χ2n) is 5.02. The Kier molecular flexibility index (Phi) is 4.10. The number of hydrogen-bond donors (Lipinski definition) is 1. The lowest BCUT2D eigenvalue weighted by molar-refractivity contribution is 0.189. The number of halogens is 1. The number of benzene rings is 1. The smallest absolute Gasteiger partial charge is 0.0458 e. The van der Waals surface area contributed by atoms with Crippen molar-refractivity contribution in [2.24, 2.45) is 0 Å². The predicted molar refractivity (Wildman–Crippen MR) is 76.9 cm³/mol. The molecule has 0 spiro atoms. The minimum absolute atomic E-state index is 0.705. The van der Waals surface area contributed by atoms with E-state index in [1.807, 2.05) is 6.07 Å². The summed E-state index contributed by atoms with van der Waals surface area (Å²) in [6, 6.07) is 7.73. The molecule has 0 radical (unpaired) electrons. The van der Waals surface area contributed by atoms with Gasteiger partial charge in [0.15, 0.2) is 0 Å². The minimum atomic E-state index is 0.705. The van der Waals surface area contributed by atoms with E-state index in [2.05, 4.69) is 46.8 Å². The van der Waals surface area contributed by atoms with Crippen LogP contribution in [0.5, 0.6) is 0 Å². The van der Waals surface area contributed by atoms with Crippen molar-refractivity contribution < 1.29 is 0 Å². The summed E-state index contributed by atoms with van der Waals surface area (Å²) in [6.45, 7) is 5.66. The molecule has 1 saturated heterocycles. The number of hydrogen-bond acceptors (Lipinski definition) is 2. The first kappa shape index (κ1) is 12.9. The van der Waals surface area contributed by atoms with Crippen LogP contribution in [-0.4, -0.2) is 17.0 Å². The third-order valence-corrected chi connectivity index (χ3v) is 4.54. The van der Waals surface area contributed by atoms with Gasteiger partial charge < -0.3 is 5.73 Å². The van der Waals surface area contributed by atoms with Crippen LogP contribution < -0.4 is 5.73 Å². The Morgan fingerprint density at radius 1 is 1.41 bits per heavy atom. The normalized spacial score (nSPS) is 25.4. The largest absolute Gasteiger partial charge is 0.398 e. The van der Waals surface area contributed by atoms with Gasteiger partial charge in [0.05, 0.1) is 0 Å². The average Bonchev–Trinajstić information content (AvgIpc) is 2.65. The standard InChI is InChI=1S/C14H21BrN2/c1-3-12-6-4-10(2)17(12)9-11-5-7-14(16)13(15)8-11/h5,7-8,10,12H,3-4,6,9,16H2,1-2H3. The topological polar surface area (TPSA) is 29.3 Å². The lowest BCUT2D eigenvalue weighted by atomic mass is 10.1. The number of likely N-dealkylation sites (tertiary alicyclic amines) is 1. The first-order chi connectivity index (χ1) is 8.11. The molecule has 2 unspecified atom stereocenters. The van der Waals surface area contributed by atoms with Crippen LogP contribution in [0, 0.1) is 0 Å². The molecule has 94 valence electrons. The zero-order valence-electron chi connectivity index (χ0n) is 10.6. The van der Waals surface area contributed by atoms with Crippen molar-refractivity contribution in [3.8, 4) is 0 Å². The molecule has 1 aliphatic heterocycles. The SMILES string of the molecule is CCC1CCC(C)N1Cc1ccc(N)c(Br)c1. The van der Waals surface area contributed by atoms with Gasteiger partial charge in [-0.25, -0.2) is 0 Å². The average molecular weight is 297 g/mol. The van der Waals surface area contributed by atoms with E-state index in [9.17, 15) is 0 Å². The summed E-state index contributed by atoms with van der Waals surface area (Å²) in [6.07, 6.45) is 3.92. The quantitative estimate of drug-likeness (QED) is 0.860. The van der Waals surface area contributed by atoms with Gasteiger partial charge in [-0.2, -0.15) is 0 Å². The highest BCUT2D eigenvalue weighted by Gasteiger charge is 2.28. The van der Waals surface area contributed by atoms with Crippen molar-refractivity contribution in [2.45, 2.75) is 51.7 Å². The summed E-state index contributed by atoms with van der Waals surface area (Å²) in [7, 11) is 0. The molecular formula is C14H21BrN2. The highest BCUT2D eigenvalue weighted by atomic mass is 79.9. The number of rotatable bonds is 3. The van der Waals surface area contributed by atoms with E-state index in [-0.39, 0.29) is 0 Å². The molecule has 1 aromatic carbocycles. The zero-order valence-corrected chi connectivity index (χ0v) is 12.2. The number of nitrogens with two attached hydrogens (primary N) is 1. The van der Waals surface area contributed by atoms with Crippen LogP contribution in [0.4, 0.5) is 5.69 Å². The maximum atomic E-state index is 5.82. The third kappa shape index (κ3) is 2.83.